The van der Waals surface area contributed by atoms with Crippen molar-refractivity contribution in [2.75, 3.05) is 6.54 Å². The highest BCUT2D eigenvalue weighted by Gasteiger charge is 2.35. The Morgan fingerprint density at radius 1 is 1.46 bits per heavy atom. The van der Waals surface area contributed by atoms with Crippen LogP contribution >= 0.6 is 12.2 Å². The average Bonchev–Trinajstić information content (AvgIpc) is 2.87. The fourth-order valence-corrected chi connectivity index (χ4v) is 3.66. The van der Waals surface area contributed by atoms with Crippen LogP contribution in [0.1, 0.15) is 49.6 Å². The van der Waals surface area contributed by atoms with Crippen LogP contribution in [0.5, 0.6) is 0 Å². The zero-order chi connectivity index (χ0) is 17.3. The third-order valence-electron chi connectivity index (χ3n) is 5.06. The molecule has 0 fully saturated rings. The molecule has 3 rings (SSSR count). The van der Waals surface area contributed by atoms with Crippen molar-refractivity contribution in [3.8, 4) is 0 Å². The maximum absolute atomic E-state index is 12.7. The molecule has 0 bridgehead atoms. The Morgan fingerprint density at radius 2 is 2.21 bits per heavy atom. The normalized spacial score (nSPS) is 18.9. The van der Waals surface area contributed by atoms with E-state index in [1.807, 2.05) is 17.7 Å². The molecule has 5 nitrogen and oxygen atoms in total. The standard InChI is InChI=1S/C18H24N4OS/c1-18(2)10-8-13(12-6-4-5-7-14(12)18)16(23)19-11-9-15-20-21-17(24)22(15)3/h4-7,13H,8-11H2,1-3H3,(H,19,23)(H,21,24)/t13-/m0/s1. The van der Waals surface area contributed by atoms with Gasteiger partial charge in [-0.3, -0.25) is 9.89 Å². The molecule has 1 atom stereocenters. The summed E-state index contributed by atoms with van der Waals surface area (Å²) in [6.45, 7) is 5.07. The van der Waals surface area contributed by atoms with E-state index in [1.54, 1.807) is 0 Å². The summed E-state index contributed by atoms with van der Waals surface area (Å²) in [6.07, 6.45) is 2.58. The lowest BCUT2D eigenvalue weighted by atomic mass is 9.68. The van der Waals surface area contributed by atoms with E-state index in [0.717, 1.165) is 18.7 Å². The van der Waals surface area contributed by atoms with E-state index < -0.39 is 0 Å². The quantitative estimate of drug-likeness (QED) is 0.838. The Bertz CT molecular complexity index is 805. The molecule has 128 valence electrons. The van der Waals surface area contributed by atoms with Crippen LogP contribution in [0, 0.1) is 4.77 Å². The predicted octanol–water partition coefficient (Wildman–Crippen LogP) is 2.99. The molecule has 2 aromatic rings. The highest BCUT2D eigenvalue weighted by molar-refractivity contribution is 7.71. The first-order chi connectivity index (χ1) is 11.4. The van der Waals surface area contributed by atoms with E-state index in [2.05, 4.69) is 47.6 Å². The number of fused-ring (bicyclic) bond motifs is 1. The number of benzene rings is 1. The first-order valence-electron chi connectivity index (χ1n) is 8.37. The van der Waals surface area contributed by atoms with Crippen molar-refractivity contribution < 1.29 is 4.79 Å². The molecule has 1 heterocycles. The SMILES string of the molecule is Cn1c(CCNC(=O)[C@H]2CCC(C)(C)c3ccccc32)n[nH]c1=S. The zero-order valence-corrected chi connectivity index (χ0v) is 15.2. The molecule has 0 saturated heterocycles. The van der Waals surface area contributed by atoms with Crippen molar-refractivity contribution in [3.63, 3.8) is 0 Å². The van der Waals surface area contributed by atoms with Gasteiger partial charge in [-0.2, -0.15) is 5.10 Å². The number of aromatic nitrogens is 3. The molecule has 1 aromatic heterocycles. The van der Waals surface area contributed by atoms with Gasteiger partial charge in [0.05, 0.1) is 5.92 Å². The van der Waals surface area contributed by atoms with Crippen LogP contribution in [-0.4, -0.2) is 27.2 Å². The second kappa shape index (κ2) is 6.51. The van der Waals surface area contributed by atoms with Crippen molar-refractivity contribution in [1.29, 1.82) is 0 Å². The molecule has 1 aromatic carbocycles. The Kier molecular flexibility index (Phi) is 4.58. The first-order valence-corrected chi connectivity index (χ1v) is 8.78. The molecule has 1 amide bonds. The largest absolute Gasteiger partial charge is 0.355 e. The van der Waals surface area contributed by atoms with E-state index in [-0.39, 0.29) is 17.2 Å². The summed E-state index contributed by atoms with van der Waals surface area (Å²) in [7, 11) is 1.88. The lowest BCUT2D eigenvalue weighted by Crippen LogP contribution is -2.36. The number of amides is 1. The molecular weight excluding hydrogens is 320 g/mol. The molecular formula is C18H24N4OS. The van der Waals surface area contributed by atoms with Crippen LogP contribution in [0.3, 0.4) is 0 Å². The highest BCUT2D eigenvalue weighted by Crippen LogP contribution is 2.42. The van der Waals surface area contributed by atoms with Crippen LogP contribution in [0.2, 0.25) is 0 Å². The van der Waals surface area contributed by atoms with Gasteiger partial charge in [0, 0.05) is 20.0 Å². The molecule has 6 heteroatoms. The number of hydrogen-bond acceptors (Lipinski definition) is 3. The van der Waals surface area contributed by atoms with Gasteiger partial charge in [0.25, 0.3) is 0 Å². The summed E-state index contributed by atoms with van der Waals surface area (Å²) in [5.74, 6) is 0.900. The minimum Gasteiger partial charge on any atom is -0.355 e. The van der Waals surface area contributed by atoms with E-state index >= 15 is 0 Å². The number of carbonyl (C=O) groups is 1. The number of H-pyrrole nitrogens is 1. The van der Waals surface area contributed by atoms with Crippen LogP contribution in [-0.2, 0) is 23.7 Å². The summed E-state index contributed by atoms with van der Waals surface area (Å²) in [4.78, 5) is 12.7. The van der Waals surface area contributed by atoms with Gasteiger partial charge in [-0.25, -0.2) is 0 Å². The average molecular weight is 344 g/mol. The molecule has 0 saturated carbocycles. The zero-order valence-electron chi connectivity index (χ0n) is 14.4. The van der Waals surface area contributed by atoms with Gasteiger partial charge in [0.1, 0.15) is 5.82 Å². The van der Waals surface area contributed by atoms with Crippen molar-refractivity contribution in [2.45, 2.75) is 44.4 Å². The van der Waals surface area contributed by atoms with Gasteiger partial charge in [-0.05, 0) is 41.6 Å². The Labute approximate surface area is 147 Å². The van der Waals surface area contributed by atoms with Crippen molar-refractivity contribution in [3.05, 3.63) is 46.0 Å². The lowest BCUT2D eigenvalue weighted by Gasteiger charge is -2.36. The third-order valence-corrected chi connectivity index (χ3v) is 5.43. The van der Waals surface area contributed by atoms with Crippen LogP contribution < -0.4 is 5.32 Å². The van der Waals surface area contributed by atoms with E-state index in [1.165, 1.54) is 11.1 Å². The highest BCUT2D eigenvalue weighted by atomic mass is 32.1. The smallest absolute Gasteiger partial charge is 0.227 e. The molecule has 0 radical (unpaired) electrons. The van der Waals surface area contributed by atoms with Crippen molar-refractivity contribution in [2.24, 2.45) is 7.05 Å². The van der Waals surface area contributed by atoms with Crippen molar-refractivity contribution in [1.82, 2.24) is 20.1 Å². The number of nitrogens with zero attached hydrogens (tertiary/aromatic N) is 2. The molecule has 1 aliphatic carbocycles. The molecule has 0 aliphatic heterocycles. The first kappa shape index (κ1) is 16.9. The fourth-order valence-electron chi connectivity index (χ4n) is 3.51. The number of hydrogen-bond donors (Lipinski definition) is 2. The minimum absolute atomic E-state index is 0.0586. The number of nitrogens with one attached hydrogen (secondary N) is 2. The third kappa shape index (κ3) is 3.15. The number of rotatable bonds is 4. The molecule has 1 aliphatic rings. The van der Waals surface area contributed by atoms with Gasteiger partial charge in [0.2, 0.25) is 5.91 Å². The second-order valence-electron chi connectivity index (χ2n) is 7.11. The van der Waals surface area contributed by atoms with E-state index in [0.29, 0.717) is 17.7 Å². The van der Waals surface area contributed by atoms with Gasteiger partial charge in [-0.15, -0.1) is 0 Å². The maximum atomic E-state index is 12.7. The summed E-state index contributed by atoms with van der Waals surface area (Å²) in [6, 6.07) is 8.33. The Morgan fingerprint density at radius 3 is 2.92 bits per heavy atom. The van der Waals surface area contributed by atoms with E-state index in [4.69, 9.17) is 12.2 Å². The summed E-state index contributed by atoms with van der Waals surface area (Å²) < 4.78 is 2.43. The topological polar surface area (TPSA) is 62.7 Å². The maximum Gasteiger partial charge on any atom is 0.227 e. The monoisotopic (exact) mass is 344 g/mol. The Balaban J connectivity index is 1.67. The minimum atomic E-state index is -0.0586. The summed E-state index contributed by atoms with van der Waals surface area (Å²) >= 11 is 5.10. The number of aromatic amines is 1. The molecule has 0 spiro atoms. The molecule has 2 N–H and O–H groups in total. The molecule has 24 heavy (non-hydrogen) atoms. The second-order valence-corrected chi connectivity index (χ2v) is 7.49. The number of carbonyl (C=O) groups excluding carboxylic acids is 1. The Hall–Kier alpha value is -1.95. The summed E-state index contributed by atoms with van der Waals surface area (Å²) in [5, 5.41) is 10.0. The van der Waals surface area contributed by atoms with Crippen LogP contribution in [0.4, 0.5) is 0 Å². The van der Waals surface area contributed by atoms with Crippen LogP contribution in [0.15, 0.2) is 24.3 Å². The van der Waals surface area contributed by atoms with Gasteiger partial charge in [-0.1, -0.05) is 38.1 Å². The van der Waals surface area contributed by atoms with Gasteiger partial charge < -0.3 is 9.88 Å². The lowest BCUT2D eigenvalue weighted by molar-refractivity contribution is -0.122. The fraction of sp³-hybridized carbons (Fsp3) is 0.500. The summed E-state index contributed by atoms with van der Waals surface area (Å²) in [5.41, 5.74) is 2.60. The van der Waals surface area contributed by atoms with Crippen LogP contribution in [0.25, 0.3) is 0 Å². The van der Waals surface area contributed by atoms with Gasteiger partial charge in [0.15, 0.2) is 4.77 Å². The van der Waals surface area contributed by atoms with E-state index in [9.17, 15) is 4.79 Å². The molecule has 0 unspecified atom stereocenters. The predicted molar refractivity (Wildman–Crippen MR) is 96.5 cm³/mol. The van der Waals surface area contributed by atoms with Crippen molar-refractivity contribution >= 4 is 18.1 Å². The van der Waals surface area contributed by atoms with Gasteiger partial charge >= 0.3 is 0 Å².